The monoisotopic (exact) mass is 421 g/mol. The maximum atomic E-state index is 12.8. The number of halogens is 1. The number of aromatic nitrogens is 2. The molecule has 1 aliphatic rings. The normalized spacial score (nSPS) is 13.9. The quantitative estimate of drug-likeness (QED) is 0.657. The van der Waals surface area contributed by atoms with Gasteiger partial charge in [0.1, 0.15) is 0 Å². The van der Waals surface area contributed by atoms with Gasteiger partial charge in [-0.3, -0.25) is 14.6 Å². The highest BCUT2D eigenvalue weighted by Crippen LogP contribution is 2.30. The van der Waals surface area contributed by atoms with Crippen LogP contribution in [-0.2, 0) is 11.3 Å². The van der Waals surface area contributed by atoms with E-state index in [9.17, 15) is 9.59 Å². The molecule has 1 atom stereocenters. The Morgan fingerprint density at radius 1 is 1.23 bits per heavy atom. The van der Waals surface area contributed by atoms with Crippen LogP contribution in [0.25, 0.3) is 0 Å². The maximum absolute atomic E-state index is 12.8. The fourth-order valence-corrected chi connectivity index (χ4v) is 3.62. The molecule has 0 spiro atoms. The molecule has 0 saturated carbocycles. The Hall–Kier alpha value is -3.45. The van der Waals surface area contributed by atoms with E-state index in [0.717, 1.165) is 11.3 Å². The SMILES string of the molecule is CC(NC(=O)c1cnc2c(c1)N(Cc1ccccn1)C(=O)CN2)c1ccccc1Cl. The Morgan fingerprint density at radius 2 is 2.03 bits per heavy atom. The molecule has 1 aliphatic heterocycles. The van der Waals surface area contributed by atoms with E-state index < -0.39 is 0 Å². The van der Waals surface area contributed by atoms with Crippen LogP contribution in [0.15, 0.2) is 60.9 Å². The molecule has 0 aliphatic carbocycles. The van der Waals surface area contributed by atoms with Crippen molar-refractivity contribution in [1.82, 2.24) is 15.3 Å². The minimum atomic E-state index is -0.298. The average molecular weight is 422 g/mol. The topological polar surface area (TPSA) is 87.2 Å². The molecule has 7 nitrogen and oxygen atoms in total. The van der Waals surface area contributed by atoms with Gasteiger partial charge >= 0.3 is 0 Å². The minimum Gasteiger partial charge on any atom is -0.359 e. The number of rotatable bonds is 5. The van der Waals surface area contributed by atoms with Gasteiger partial charge in [-0.05, 0) is 36.8 Å². The van der Waals surface area contributed by atoms with E-state index >= 15 is 0 Å². The van der Waals surface area contributed by atoms with Crippen LogP contribution in [0.2, 0.25) is 5.02 Å². The second-order valence-electron chi connectivity index (χ2n) is 6.96. The zero-order valence-electron chi connectivity index (χ0n) is 16.3. The Bertz CT molecular complexity index is 1090. The van der Waals surface area contributed by atoms with Gasteiger partial charge in [0, 0.05) is 17.4 Å². The summed E-state index contributed by atoms with van der Waals surface area (Å²) in [6.45, 7) is 2.31. The van der Waals surface area contributed by atoms with Crippen LogP contribution in [-0.4, -0.2) is 28.3 Å². The molecule has 1 unspecified atom stereocenters. The number of pyridine rings is 2. The van der Waals surface area contributed by atoms with Gasteiger partial charge < -0.3 is 15.5 Å². The number of amides is 2. The molecule has 2 aromatic heterocycles. The molecule has 0 radical (unpaired) electrons. The summed E-state index contributed by atoms with van der Waals surface area (Å²) in [5, 5.41) is 6.52. The third-order valence-electron chi connectivity index (χ3n) is 4.89. The summed E-state index contributed by atoms with van der Waals surface area (Å²) in [6, 6.07) is 14.3. The fraction of sp³-hybridized carbons (Fsp3) is 0.182. The van der Waals surface area contributed by atoms with E-state index in [1.54, 1.807) is 23.2 Å². The molecule has 0 bridgehead atoms. The van der Waals surface area contributed by atoms with Crippen LogP contribution < -0.4 is 15.5 Å². The molecule has 4 rings (SSSR count). The molecule has 152 valence electrons. The van der Waals surface area contributed by atoms with Crippen LogP contribution in [0.3, 0.4) is 0 Å². The lowest BCUT2D eigenvalue weighted by atomic mass is 10.1. The molecule has 30 heavy (non-hydrogen) atoms. The minimum absolute atomic E-state index is 0.114. The summed E-state index contributed by atoms with van der Waals surface area (Å²) in [7, 11) is 0. The molecular formula is C22H20ClN5O2. The molecule has 0 saturated heterocycles. The van der Waals surface area contributed by atoms with Gasteiger partial charge in [0.05, 0.1) is 36.1 Å². The highest BCUT2D eigenvalue weighted by atomic mass is 35.5. The van der Waals surface area contributed by atoms with E-state index in [0.29, 0.717) is 28.6 Å². The molecule has 0 fully saturated rings. The third kappa shape index (κ3) is 4.11. The van der Waals surface area contributed by atoms with Crippen molar-refractivity contribution in [3.8, 4) is 0 Å². The summed E-state index contributed by atoms with van der Waals surface area (Å²) >= 11 is 6.23. The number of hydrogen-bond acceptors (Lipinski definition) is 5. The Labute approximate surface area is 179 Å². The first kappa shape index (κ1) is 19.8. The van der Waals surface area contributed by atoms with E-state index in [1.165, 1.54) is 6.20 Å². The first-order valence-electron chi connectivity index (χ1n) is 9.52. The second kappa shape index (κ2) is 8.51. The van der Waals surface area contributed by atoms with Crippen LogP contribution in [0.5, 0.6) is 0 Å². The fourth-order valence-electron chi connectivity index (χ4n) is 3.32. The Balaban J connectivity index is 1.58. The first-order chi connectivity index (χ1) is 14.5. The molecule has 2 N–H and O–H groups in total. The number of hydrogen-bond donors (Lipinski definition) is 2. The van der Waals surface area contributed by atoms with Crippen LogP contribution in [0.4, 0.5) is 11.5 Å². The largest absolute Gasteiger partial charge is 0.359 e. The highest BCUT2D eigenvalue weighted by Gasteiger charge is 2.27. The standard InChI is InChI=1S/C22H20ClN5O2/c1-14(17-7-2-3-8-18(17)23)27-22(30)15-10-19-21(25-11-15)26-12-20(29)28(19)13-16-6-4-5-9-24-16/h2-11,14H,12-13H2,1H3,(H,25,26)(H,27,30). The van der Waals surface area contributed by atoms with Gasteiger partial charge in [-0.1, -0.05) is 35.9 Å². The lowest BCUT2D eigenvalue weighted by molar-refractivity contribution is -0.117. The molecule has 3 aromatic rings. The summed E-state index contributed by atoms with van der Waals surface area (Å²) in [4.78, 5) is 35.6. The van der Waals surface area contributed by atoms with Crippen LogP contribution in [0, 0.1) is 0 Å². The maximum Gasteiger partial charge on any atom is 0.253 e. The number of nitrogens with one attached hydrogen (secondary N) is 2. The smallest absolute Gasteiger partial charge is 0.253 e. The third-order valence-corrected chi connectivity index (χ3v) is 5.24. The zero-order valence-corrected chi connectivity index (χ0v) is 17.1. The van der Waals surface area contributed by atoms with Crippen molar-refractivity contribution >= 4 is 34.9 Å². The van der Waals surface area contributed by atoms with E-state index in [-0.39, 0.29) is 24.4 Å². The number of carbonyl (C=O) groups excluding carboxylic acids is 2. The van der Waals surface area contributed by atoms with Crippen LogP contribution >= 0.6 is 11.6 Å². The molecule has 8 heteroatoms. The predicted octanol–water partition coefficient (Wildman–Crippen LogP) is 3.58. The van der Waals surface area contributed by atoms with Crippen molar-refractivity contribution in [1.29, 1.82) is 0 Å². The van der Waals surface area contributed by atoms with Gasteiger partial charge in [0.25, 0.3) is 5.91 Å². The van der Waals surface area contributed by atoms with Crippen molar-refractivity contribution in [3.05, 3.63) is 82.8 Å². The van der Waals surface area contributed by atoms with Crippen molar-refractivity contribution < 1.29 is 9.59 Å². The molecular weight excluding hydrogens is 402 g/mol. The molecule has 3 heterocycles. The lowest BCUT2D eigenvalue weighted by Gasteiger charge is -2.29. The number of benzene rings is 1. The first-order valence-corrected chi connectivity index (χ1v) is 9.90. The zero-order chi connectivity index (χ0) is 21.1. The predicted molar refractivity (Wildman–Crippen MR) is 115 cm³/mol. The number of anilines is 2. The van der Waals surface area contributed by atoms with Gasteiger partial charge in [-0.15, -0.1) is 0 Å². The lowest BCUT2D eigenvalue weighted by Crippen LogP contribution is -2.40. The van der Waals surface area contributed by atoms with Gasteiger partial charge in [-0.2, -0.15) is 0 Å². The van der Waals surface area contributed by atoms with Crippen molar-refractivity contribution in [2.45, 2.75) is 19.5 Å². The number of fused-ring (bicyclic) bond motifs is 1. The van der Waals surface area contributed by atoms with Crippen molar-refractivity contribution in [2.75, 3.05) is 16.8 Å². The van der Waals surface area contributed by atoms with Crippen LogP contribution in [0.1, 0.15) is 34.6 Å². The molecule has 1 aromatic carbocycles. The summed E-state index contributed by atoms with van der Waals surface area (Å²) in [6.07, 6.45) is 3.18. The van der Waals surface area contributed by atoms with Gasteiger partial charge in [0.15, 0.2) is 5.82 Å². The second-order valence-corrected chi connectivity index (χ2v) is 7.37. The summed E-state index contributed by atoms with van der Waals surface area (Å²) < 4.78 is 0. The van der Waals surface area contributed by atoms with Crippen molar-refractivity contribution in [3.63, 3.8) is 0 Å². The van der Waals surface area contributed by atoms with Gasteiger partial charge in [0.2, 0.25) is 5.91 Å². The Kier molecular flexibility index (Phi) is 5.63. The number of carbonyl (C=O) groups is 2. The Morgan fingerprint density at radius 3 is 2.80 bits per heavy atom. The molecule has 2 amide bonds. The average Bonchev–Trinajstić information content (AvgIpc) is 2.76. The van der Waals surface area contributed by atoms with Crippen molar-refractivity contribution in [2.24, 2.45) is 0 Å². The highest BCUT2D eigenvalue weighted by molar-refractivity contribution is 6.31. The number of nitrogens with zero attached hydrogens (tertiary/aromatic N) is 3. The van der Waals surface area contributed by atoms with E-state index in [1.807, 2.05) is 43.3 Å². The van der Waals surface area contributed by atoms with E-state index in [2.05, 4.69) is 20.6 Å². The van der Waals surface area contributed by atoms with Gasteiger partial charge in [-0.25, -0.2) is 4.98 Å². The summed E-state index contributed by atoms with van der Waals surface area (Å²) in [5.41, 5.74) is 2.48. The summed E-state index contributed by atoms with van der Waals surface area (Å²) in [5.74, 6) is 0.145. The van der Waals surface area contributed by atoms with E-state index in [4.69, 9.17) is 11.6 Å².